The molecule has 0 saturated heterocycles. The lowest BCUT2D eigenvalue weighted by molar-refractivity contribution is -0.113. The fourth-order valence-corrected chi connectivity index (χ4v) is 4.35. The van der Waals surface area contributed by atoms with Crippen molar-refractivity contribution in [3.8, 4) is 11.4 Å². The van der Waals surface area contributed by atoms with E-state index in [2.05, 4.69) is 34.3 Å². The van der Waals surface area contributed by atoms with Crippen molar-refractivity contribution in [2.75, 3.05) is 29.1 Å². The van der Waals surface area contributed by atoms with E-state index < -0.39 is 5.82 Å². The summed E-state index contributed by atoms with van der Waals surface area (Å²) in [6.07, 6.45) is 1.58. The molecule has 0 fully saturated rings. The number of nitrogens with zero attached hydrogens (tertiary/aromatic N) is 4. The second-order valence-electron chi connectivity index (χ2n) is 7.51. The van der Waals surface area contributed by atoms with E-state index in [0.29, 0.717) is 28.8 Å². The number of rotatable bonds is 10. The van der Waals surface area contributed by atoms with Gasteiger partial charge in [0.2, 0.25) is 5.91 Å². The van der Waals surface area contributed by atoms with E-state index in [9.17, 15) is 9.18 Å². The van der Waals surface area contributed by atoms with Crippen LogP contribution in [-0.4, -0.2) is 39.5 Å². The molecule has 4 rings (SSSR count). The van der Waals surface area contributed by atoms with Crippen molar-refractivity contribution in [3.63, 3.8) is 0 Å². The molecule has 0 spiro atoms. The first-order valence-electron chi connectivity index (χ1n) is 11.1. The minimum atomic E-state index is -0.391. The van der Waals surface area contributed by atoms with Gasteiger partial charge in [-0.05, 0) is 62.4 Å². The SMILES string of the molecule is CCN(CC)c1ccc(NC(=O)CSc2nnc(-c3ccccc3F)n2Cc2ccco2)cc1. The lowest BCUT2D eigenvalue weighted by Crippen LogP contribution is -2.21. The Bertz CT molecular complexity index is 1220. The number of benzene rings is 2. The van der Waals surface area contributed by atoms with Crippen molar-refractivity contribution in [2.45, 2.75) is 25.5 Å². The summed E-state index contributed by atoms with van der Waals surface area (Å²) in [5.41, 5.74) is 2.18. The monoisotopic (exact) mass is 479 g/mol. The molecule has 0 aliphatic rings. The number of hydrogen-bond acceptors (Lipinski definition) is 6. The van der Waals surface area contributed by atoms with Crippen LogP contribution in [0.5, 0.6) is 0 Å². The third-order valence-corrected chi connectivity index (χ3v) is 6.30. The van der Waals surface area contributed by atoms with E-state index in [1.54, 1.807) is 35.1 Å². The number of anilines is 2. The average molecular weight is 480 g/mol. The molecule has 0 atom stereocenters. The van der Waals surface area contributed by atoms with Gasteiger partial charge >= 0.3 is 0 Å². The zero-order chi connectivity index (χ0) is 23.9. The van der Waals surface area contributed by atoms with E-state index in [1.165, 1.54) is 17.8 Å². The average Bonchev–Trinajstić information content (AvgIpc) is 3.50. The Kier molecular flexibility index (Phi) is 7.64. The van der Waals surface area contributed by atoms with Crippen LogP contribution in [0.25, 0.3) is 11.4 Å². The number of thioether (sulfide) groups is 1. The molecular formula is C25H26FN5O2S. The van der Waals surface area contributed by atoms with Crippen LogP contribution in [0, 0.1) is 5.82 Å². The number of hydrogen-bond donors (Lipinski definition) is 1. The van der Waals surface area contributed by atoms with Crippen molar-refractivity contribution in [1.29, 1.82) is 0 Å². The molecule has 1 amide bonds. The normalized spacial score (nSPS) is 10.9. The molecule has 2 heterocycles. The standard InChI is InChI=1S/C25H26FN5O2S/c1-3-30(4-2)19-13-11-18(12-14-19)27-23(32)17-34-25-29-28-24(21-9-5-6-10-22(21)26)31(25)16-20-8-7-15-33-20/h5-15H,3-4,16-17H2,1-2H3,(H,27,32). The summed E-state index contributed by atoms with van der Waals surface area (Å²) in [4.78, 5) is 14.8. The molecule has 0 aliphatic carbocycles. The number of furan rings is 1. The fourth-order valence-electron chi connectivity index (χ4n) is 3.61. The maximum absolute atomic E-state index is 14.4. The molecular weight excluding hydrogens is 453 g/mol. The highest BCUT2D eigenvalue weighted by atomic mass is 32.2. The van der Waals surface area contributed by atoms with E-state index >= 15 is 0 Å². The Balaban J connectivity index is 1.47. The summed E-state index contributed by atoms with van der Waals surface area (Å²) in [6.45, 7) is 6.39. The van der Waals surface area contributed by atoms with Gasteiger partial charge in [-0.25, -0.2) is 4.39 Å². The molecule has 9 heteroatoms. The zero-order valence-corrected chi connectivity index (χ0v) is 19.9. The largest absolute Gasteiger partial charge is 0.467 e. The number of nitrogens with one attached hydrogen (secondary N) is 1. The lowest BCUT2D eigenvalue weighted by atomic mass is 10.2. The Hall–Kier alpha value is -3.59. The molecule has 34 heavy (non-hydrogen) atoms. The highest BCUT2D eigenvalue weighted by Crippen LogP contribution is 2.27. The summed E-state index contributed by atoms with van der Waals surface area (Å²) in [5, 5.41) is 11.8. The summed E-state index contributed by atoms with van der Waals surface area (Å²) in [7, 11) is 0. The lowest BCUT2D eigenvalue weighted by Gasteiger charge is -2.21. The minimum Gasteiger partial charge on any atom is -0.467 e. The predicted molar refractivity (Wildman–Crippen MR) is 133 cm³/mol. The molecule has 1 N–H and O–H groups in total. The van der Waals surface area contributed by atoms with Gasteiger partial charge in [0.1, 0.15) is 11.6 Å². The Morgan fingerprint density at radius 2 is 1.82 bits per heavy atom. The smallest absolute Gasteiger partial charge is 0.234 e. The first-order chi connectivity index (χ1) is 16.6. The molecule has 4 aromatic rings. The van der Waals surface area contributed by atoms with Gasteiger partial charge < -0.3 is 14.6 Å². The van der Waals surface area contributed by atoms with Crippen LogP contribution in [0.1, 0.15) is 19.6 Å². The van der Waals surface area contributed by atoms with Gasteiger partial charge in [-0.15, -0.1) is 10.2 Å². The van der Waals surface area contributed by atoms with E-state index in [0.717, 1.165) is 24.5 Å². The van der Waals surface area contributed by atoms with Crippen LogP contribution in [0.15, 0.2) is 76.5 Å². The topological polar surface area (TPSA) is 76.2 Å². The molecule has 2 aromatic heterocycles. The molecule has 0 bridgehead atoms. The van der Waals surface area contributed by atoms with Gasteiger partial charge in [0.15, 0.2) is 11.0 Å². The first-order valence-corrected chi connectivity index (χ1v) is 12.1. The Morgan fingerprint density at radius 1 is 1.06 bits per heavy atom. The van der Waals surface area contributed by atoms with Crippen LogP contribution in [0.3, 0.4) is 0 Å². The maximum atomic E-state index is 14.4. The van der Waals surface area contributed by atoms with Crippen LogP contribution in [0.2, 0.25) is 0 Å². The quantitative estimate of drug-likeness (QED) is 0.311. The number of halogens is 1. The summed E-state index contributed by atoms with van der Waals surface area (Å²) in [5.74, 6) is 0.630. The molecule has 0 unspecified atom stereocenters. The van der Waals surface area contributed by atoms with Crippen molar-refractivity contribution >= 4 is 29.0 Å². The van der Waals surface area contributed by atoms with Gasteiger partial charge in [0, 0.05) is 24.5 Å². The summed E-state index contributed by atoms with van der Waals surface area (Å²) < 4.78 is 21.7. The zero-order valence-electron chi connectivity index (χ0n) is 19.1. The molecule has 0 radical (unpaired) electrons. The van der Waals surface area contributed by atoms with Crippen LogP contribution in [0.4, 0.5) is 15.8 Å². The van der Waals surface area contributed by atoms with Crippen LogP contribution < -0.4 is 10.2 Å². The first kappa shape index (κ1) is 23.6. The van der Waals surface area contributed by atoms with Crippen molar-refractivity contribution in [1.82, 2.24) is 14.8 Å². The van der Waals surface area contributed by atoms with Gasteiger partial charge in [0.25, 0.3) is 0 Å². The Labute approximate surface area is 202 Å². The summed E-state index contributed by atoms with van der Waals surface area (Å²) in [6, 6.07) is 17.8. The van der Waals surface area contributed by atoms with E-state index in [-0.39, 0.29) is 11.7 Å². The third kappa shape index (κ3) is 5.48. The number of aromatic nitrogens is 3. The van der Waals surface area contributed by atoms with E-state index in [1.807, 2.05) is 30.3 Å². The number of amides is 1. The fraction of sp³-hybridized carbons (Fsp3) is 0.240. The van der Waals surface area contributed by atoms with Crippen molar-refractivity contribution in [2.24, 2.45) is 0 Å². The van der Waals surface area contributed by atoms with E-state index in [4.69, 9.17) is 4.42 Å². The number of carbonyl (C=O) groups excluding carboxylic acids is 1. The number of carbonyl (C=O) groups is 1. The predicted octanol–water partition coefficient (Wildman–Crippen LogP) is 5.30. The molecule has 7 nitrogen and oxygen atoms in total. The second kappa shape index (κ2) is 11.0. The summed E-state index contributed by atoms with van der Waals surface area (Å²) >= 11 is 1.24. The Morgan fingerprint density at radius 3 is 2.50 bits per heavy atom. The second-order valence-corrected chi connectivity index (χ2v) is 8.45. The molecule has 0 aliphatic heterocycles. The van der Waals surface area contributed by atoms with Gasteiger partial charge in [0.05, 0.1) is 24.1 Å². The third-order valence-electron chi connectivity index (χ3n) is 5.34. The van der Waals surface area contributed by atoms with Gasteiger partial charge in [-0.3, -0.25) is 9.36 Å². The van der Waals surface area contributed by atoms with Crippen molar-refractivity contribution in [3.05, 3.63) is 78.5 Å². The molecule has 2 aromatic carbocycles. The van der Waals surface area contributed by atoms with Gasteiger partial charge in [-0.1, -0.05) is 23.9 Å². The molecule has 0 saturated carbocycles. The van der Waals surface area contributed by atoms with Crippen LogP contribution >= 0.6 is 11.8 Å². The highest BCUT2D eigenvalue weighted by molar-refractivity contribution is 7.99. The van der Waals surface area contributed by atoms with Crippen molar-refractivity contribution < 1.29 is 13.6 Å². The highest BCUT2D eigenvalue weighted by Gasteiger charge is 2.19. The molecule has 176 valence electrons. The van der Waals surface area contributed by atoms with Crippen LogP contribution in [-0.2, 0) is 11.3 Å². The maximum Gasteiger partial charge on any atom is 0.234 e. The van der Waals surface area contributed by atoms with Gasteiger partial charge in [-0.2, -0.15) is 0 Å². The minimum absolute atomic E-state index is 0.130.